The molecule has 9 heteroatoms. The van der Waals surface area contributed by atoms with Gasteiger partial charge < -0.3 is 18.9 Å². The Labute approximate surface area is 241 Å². The minimum absolute atomic E-state index is 0.120. The smallest absolute Gasteiger partial charge is 0.306 e. The number of Topliss-reactive ketones (excluding diaryl/α,β-unsaturated/α-hetero) is 1. The lowest BCUT2D eigenvalue weighted by atomic mass is 10.1. The van der Waals surface area contributed by atoms with Crippen molar-refractivity contribution in [1.29, 1.82) is 0 Å². The maximum Gasteiger partial charge on any atom is 0.306 e. The highest BCUT2D eigenvalue weighted by Gasteiger charge is 2.18. The molecule has 0 aliphatic rings. The van der Waals surface area contributed by atoms with Gasteiger partial charge in [0.1, 0.15) is 12.2 Å². The van der Waals surface area contributed by atoms with Crippen LogP contribution in [0, 0.1) is 0 Å². The summed E-state index contributed by atoms with van der Waals surface area (Å²) < 4.78 is 20.8. The van der Waals surface area contributed by atoms with Crippen molar-refractivity contribution in [3.05, 3.63) is 0 Å². The van der Waals surface area contributed by atoms with Gasteiger partial charge in [0, 0.05) is 0 Å². The van der Waals surface area contributed by atoms with Gasteiger partial charge in [0.05, 0.1) is 25.7 Å². The second-order valence-electron chi connectivity index (χ2n) is 10.4. The molecule has 0 saturated heterocycles. The van der Waals surface area contributed by atoms with Crippen LogP contribution in [0.5, 0.6) is 0 Å². The van der Waals surface area contributed by atoms with Crippen LogP contribution in [0.25, 0.3) is 0 Å². The highest BCUT2D eigenvalue weighted by molar-refractivity contribution is 5.86. The van der Waals surface area contributed by atoms with E-state index in [2.05, 4.69) is 13.8 Å². The van der Waals surface area contributed by atoms with Crippen molar-refractivity contribution in [2.24, 2.45) is 0 Å². The van der Waals surface area contributed by atoms with Crippen molar-refractivity contribution in [3.8, 4) is 0 Å². The fraction of sp³-hybridized carbons (Fsp3) is 0.839. The zero-order valence-corrected chi connectivity index (χ0v) is 25.5. The molecule has 0 fully saturated rings. The largest absolute Gasteiger partial charge is 0.462 e. The average Bonchev–Trinajstić information content (AvgIpc) is 2.93. The molecule has 0 saturated carbocycles. The van der Waals surface area contributed by atoms with Crippen LogP contribution in [0.2, 0.25) is 0 Å². The molecule has 0 heterocycles. The highest BCUT2D eigenvalue weighted by atomic mass is 16.6. The number of hydrogen-bond donors (Lipinski definition) is 0. The third-order valence-corrected chi connectivity index (χ3v) is 6.43. The monoisotopic (exact) mass is 570 g/mol. The molecule has 2 unspecified atom stereocenters. The van der Waals surface area contributed by atoms with Crippen LogP contribution >= 0.6 is 0 Å². The van der Waals surface area contributed by atoms with Gasteiger partial charge in [-0.05, 0) is 38.5 Å². The lowest BCUT2D eigenvalue weighted by Gasteiger charge is -2.17. The summed E-state index contributed by atoms with van der Waals surface area (Å²) in [6.07, 6.45) is 12.9. The third-order valence-electron chi connectivity index (χ3n) is 6.43. The van der Waals surface area contributed by atoms with Crippen LogP contribution < -0.4 is 0 Å². The Bertz CT molecular complexity index is 662. The Balaban J connectivity index is 4.13. The Hall–Kier alpha value is -2.45. The molecule has 0 N–H and O–H groups in total. The first-order valence-electron chi connectivity index (χ1n) is 15.5. The fourth-order valence-corrected chi connectivity index (χ4v) is 4.17. The second-order valence-corrected chi connectivity index (χ2v) is 10.4. The lowest BCUT2D eigenvalue weighted by Crippen LogP contribution is -2.22. The number of hydrogen-bond acceptors (Lipinski definition) is 9. The minimum Gasteiger partial charge on any atom is -0.462 e. The van der Waals surface area contributed by atoms with Crippen LogP contribution in [-0.2, 0) is 42.9 Å². The molecule has 0 aliphatic heterocycles. The molecule has 232 valence electrons. The molecular weight excluding hydrogens is 516 g/mol. The highest BCUT2D eigenvalue weighted by Crippen LogP contribution is 2.15. The van der Waals surface area contributed by atoms with Crippen molar-refractivity contribution in [2.75, 3.05) is 13.2 Å². The van der Waals surface area contributed by atoms with E-state index in [0.717, 1.165) is 89.9 Å². The van der Waals surface area contributed by atoms with Gasteiger partial charge in [-0.1, -0.05) is 79.1 Å². The van der Waals surface area contributed by atoms with E-state index in [-0.39, 0.29) is 37.9 Å². The predicted octanol–water partition coefficient (Wildman–Crippen LogP) is 6.57. The zero-order valence-electron chi connectivity index (χ0n) is 25.5. The quantitative estimate of drug-likeness (QED) is 0.0645. The summed E-state index contributed by atoms with van der Waals surface area (Å²) in [5.74, 6) is -2.92. The fourth-order valence-electron chi connectivity index (χ4n) is 4.17. The van der Waals surface area contributed by atoms with Crippen LogP contribution in [0.15, 0.2) is 0 Å². The maximum atomic E-state index is 12.1. The summed E-state index contributed by atoms with van der Waals surface area (Å²) in [6, 6.07) is 0. The number of ketones is 1. The molecule has 0 aromatic rings. The van der Waals surface area contributed by atoms with Crippen LogP contribution in [0.4, 0.5) is 0 Å². The van der Waals surface area contributed by atoms with Gasteiger partial charge in [0.2, 0.25) is 5.78 Å². The van der Waals surface area contributed by atoms with Gasteiger partial charge in [-0.25, -0.2) is 0 Å². The molecule has 40 heavy (non-hydrogen) atoms. The molecule has 0 bridgehead atoms. The first-order valence-corrected chi connectivity index (χ1v) is 15.5. The summed E-state index contributed by atoms with van der Waals surface area (Å²) in [5, 5.41) is 0. The van der Waals surface area contributed by atoms with Gasteiger partial charge in [-0.2, -0.15) is 0 Å². The van der Waals surface area contributed by atoms with Crippen molar-refractivity contribution >= 4 is 29.7 Å². The molecule has 0 aliphatic carbocycles. The number of esters is 4. The topological polar surface area (TPSA) is 122 Å². The molecule has 0 rings (SSSR count). The first kappa shape index (κ1) is 37.6. The van der Waals surface area contributed by atoms with E-state index in [1.165, 1.54) is 0 Å². The number of ether oxygens (including phenoxy) is 4. The Morgan fingerprint density at radius 2 is 0.825 bits per heavy atom. The van der Waals surface area contributed by atoms with Crippen molar-refractivity contribution in [3.63, 3.8) is 0 Å². The number of unbranched alkanes of at least 4 members (excludes halogenated alkanes) is 6. The summed E-state index contributed by atoms with van der Waals surface area (Å²) >= 11 is 0. The van der Waals surface area contributed by atoms with Crippen LogP contribution in [-0.4, -0.2) is 55.1 Å². The standard InChI is InChI=1S/C31H54O9/c1-5-9-11-13-17-26(15-7-3)39-30(35)21-19-28(33)37-23-25(32)24-38-29(34)20-22-31(36)40-27(16-8-4)18-14-12-10-6-2/h26-27H,5-24H2,1-4H3. The van der Waals surface area contributed by atoms with Crippen molar-refractivity contribution in [1.82, 2.24) is 0 Å². The maximum absolute atomic E-state index is 12.1. The van der Waals surface area contributed by atoms with Crippen molar-refractivity contribution in [2.45, 2.75) is 155 Å². The Kier molecular flexibility index (Phi) is 24.0. The van der Waals surface area contributed by atoms with Crippen LogP contribution in [0.3, 0.4) is 0 Å². The molecule has 0 aromatic carbocycles. The first-order chi connectivity index (χ1) is 19.2. The minimum atomic E-state index is -0.703. The molecular formula is C31H54O9. The van der Waals surface area contributed by atoms with E-state index in [1.54, 1.807) is 0 Å². The summed E-state index contributed by atoms with van der Waals surface area (Å²) in [4.78, 5) is 60.0. The summed E-state index contributed by atoms with van der Waals surface area (Å²) in [6.45, 7) is 7.23. The third kappa shape index (κ3) is 22.4. The Morgan fingerprint density at radius 1 is 0.450 bits per heavy atom. The molecule has 0 aromatic heterocycles. The van der Waals surface area contributed by atoms with E-state index in [1.807, 2.05) is 13.8 Å². The van der Waals surface area contributed by atoms with Gasteiger partial charge in [-0.3, -0.25) is 24.0 Å². The van der Waals surface area contributed by atoms with E-state index in [0.29, 0.717) is 0 Å². The molecule has 9 nitrogen and oxygen atoms in total. The van der Waals surface area contributed by atoms with Gasteiger partial charge in [-0.15, -0.1) is 0 Å². The average molecular weight is 571 g/mol. The second kappa shape index (κ2) is 25.5. The van der Waals surface area contributed by atoms with Gasteiger partial charge in [0.15, 0.2) is 13.2 Å². The van der Waals surface area contributed by atoms with Crippen LogP contribution in [0.1, 0.15) is 143 Å². The molecule has 0 spiro atoms. The number of carbonyl (C=O) groups excluding carboxylic acids is 5. The summed E-state index contributed by atoms with van der Waals surface area (Å²) in [7, 11) is 0. The number of carbonyl (C=O) groups is 5. The van der Waals surface area contributed by atoms with Gasteiger partial charge in [0.25, 0.3) is 0 Å². The lowest BCUT2D eigenvalue weighted by molar-refractivity contribution is -0.157. The van der Waals surface area contributed by atoms with Crippen molar-refractivity contribution < 1.29 is 42.9 Å². The summed E-state index contributed by atoms with van der Waals surface area (Å²) in [5.41, 5.74) is 0. The number of rotatable bonds is 26. The SMILES string of the molecule is CCCCCCC(CCC)OC(=O)CCC(=O)OCC(=O)COC(=O)CCC(=O)OC(CCC)CCCCCC. The van der Waals surface area contributed by atoms with E-state index < -0.39 is 42.9 Å². The Morgan fingerprint density at radius 3 is 1.18 bits per heavy atom. The normalized spacial score (nSPS) is 12.3. The zero-order chi connectivity index (χ0) is 30.0. The molecule has 0 amide bonds. The predicted molar refractivity (Wildman–Crippen MR) is 152 cm³/mol. The van der Waals surface area contributed by atoms with E-state index in [4.69, 9.17) is 18.9 Å². The van der Waals surface area contributed by atoms with E-state index in [9.17, 15) is 24.0 Å². The molecule has 2 atom stereocenters. The van der Waals surface area contributed by atoms with E-state index >= 15 is 0 Å². The van der Waals surface area contributed by atoms with Gasteiger partial charge >= 0.3 is 23.9 Å². The molecule has 0 radical (unpaired) electrons.